The second-order valence-electron chi connectivity index (χ2n) is 8.42. The van der Waals surface area contributed by atoms with Gasteiger partial charge in [0.15, 0.2) is 16.7 Å². The molecule has 160 valence electrons. The second-order valence-corrected chi connectivity index (χ2v) is 10.1. The van der Waals surface area contributed by atoms with Crippen LogP contribution in [-0.2, 0) is 13.1 Å². The Kier molecular flexibility index (Phi) is 5.45. The lowest BCUT2D eigenvalue weighted by Crippen LogP contribution is -2.36. The third-order valence-electron chi connectivity index (χ3n) is 5.92. The van der Waals surface area contributed by atoms with Crippen molar-refractivity contribution >= 4 is 22.9 Å². The summed E-state index contributed by atoms with van der Waals surface area (Å²) < 4.78 is 6.70. The van der Waals surface area contributed by atoms with E-state index in [0.29, 0.717) is 5.92 Å². The standard InChI is InChI=1S/C23H26N6S2/c1-14(2)20-24-23(31-27-20)22-26-25-21-16(4)28(10-11-29(21)22)13-17-5-7-18(8-6-17)19-15(3)9-12-30-19/h5-9,12,14,16H,10-11,13H2,1-4H3/t16-/m1/s1. The Balaban J connectivity index is 1.33. The van der Waals surface area contributed by atoms with E-state index < -0.39 is 0 Å². The summed E-state index contributed by atoms with van der Waals surface area (Å²) in [6, 6.07) is 11.4. The zero-order valence-corrected chi connectivity index (χ0v) is 19.9. The first kappa shape index (κ1) is 20.5. The van der Waals surface area contributed by atoms with E-state index in [9.17, 15) is 0 Å². The highest BCUT2D eigenvalue weighted by molar-refractivity contribution is 7.13. The Labute approximate surface area is 190 Å². The molecule has 0 radical (unpaired) electrons. The number of fused-ring (bicyclic) bond motifs is 1. The Morgan fingerprint density at radius 1 is 1.10 bits per heavy atom. The smallest absolute Gasteiger partial charge is 0.194 e. The molecule has 0 spiro atoms. The fourth-order valence-corrected chi connectivity index (χ4v) is 5.76. The summed E-state index contributed by atoms with van der Waals surface area (Å²) in [6.07, 6.45) is 0. The van der Waals surface area contributed by atoms with Crippen LogP contribution in [0.1, 0.15) is 55.5 Å². The monoisotopic (exact) mass is 450 g/mol. The number of hydrogen-bond acceptors (Lipinski definition) is 7. The molecule has 8 heteroatoms. The van der Waals surface area contributed by atoms with Gasteiger partial charge in [-0.25, -0.2) is 4.98 Å². The van der Waals surface area contributed by atoms with Crippen LogP contribution in [0, 0.1) is 6.92 Å². The van der Waals surface area contributed by atoms with Gasteiger partial charge in [0.25, 0.3) is 0 Å². The molecule has 0 saturated heterocycles. The van der Waals surface area contributed by atoms with Gasteiger partial charge in [0.1, 0.15) is 5.82 Å². The van der Waals surface area contributed by atoms with Gasteiger partial charge < -0.3 is 4.57 Å². The molecule has 1 aliphatic heterocycles. The molecule has 0 aliphatic carbocycles. The molecule has 3 aromatic heterocycles. The van der Waals surface area contributed by atoms with E-state index in [1.165, 1.54) is 33.1 Å². The maximum Gasteiger partial charge on any atom is 0.194 e. The van der Waals surface area contributed by atoms with E-state index in [4.69, 9.17) is 0 Å². The van der Waals surface area contributed by atoms with Crippen LogP contribution in [-0.4, -0.2) is 35.6 Å². The van der Waals surface area contributed by atoms with Crippen LogP contribution in [0.3, 0.4) is 0 Å². The molecule has 4 heterocycles. The maximum absolute atomic E-state index is 4.68. The van der Waals surface area contributed by atoms with Crippen molar-refractivity contribution in [3.05, 3.63) is 58.5 Å². The first-order valence-electron chi connectivity index (χ1n) is 10.7. The van der Waals surface area contributed by atoms with Crippen LogP contribution in [0.4, 0.5) is 0 Å². The van der Waals surface area contributed by atoms with Crippen molar-refractivity contribution in [1.29, 1.82) is 0 Å². The van der Waals surface area contributed by atoms with Gasteiger partial charge in [0.05, 0.1) is 6.04 Å². The van der Waals surface area contributed by atoms with Gasteiger partial charge in [0.2, 0.25) is 0 Å². The van der Waals surface area contributed by atoms with Crippen molar-refractivity contribution in [3.63, 3.8) is 0 Å². The highest BCUT2D eigenvalue weighted by Gasteiger charge is 2.29. The second kappa shape index (κ2) is 8.26. The number of thiophene rings is 1. The van der Waals surface area contributed by atoms with Gasteiger partial charge in [-0.05, 0) is 53.5 Å². The van der Waals surface area contributed by atoms with Crippen LogP contribution in [0.2, 0.25) is 0 Å². The molecular weight excluding hydrogens is 424 g/mol. The molecule has 0 bridgehead atoms. The molecule has 5 rings (SSSR count). The van der Waals surface area contributed by atoms with Gasteiger partial charge in [0, 0.05) is 30.4 Å². The summed E-state index contributed by atoms with van der Waals surface area (Å²) in [6.45, 7) is 11.3. The van der Waals surface area contributed by atoms with E-state index >= 15 is 0 Å². The lowest BCUT2D eigenvalue weighted by atomic mass is 10.1. The average Bonchev–Trinajstić information content (AvgIpc) is 3.50. The average molecular weight is 451 g/mol. The van der Waals surface area contributed by atoms with E-state index in [1.54, 1.807) is 11.3 Å². The van der Waals surface area contributed by atoms with Crippen LogP contribution < -0.4 is 0 Å². The van der Waals surface area contributed by atoms with Crippen molar-refractivity contribution in [2.45, 2.75) is 52.7 Å². The quantitative estimate of drug-likeness (QED) is 0.400. The summed E-state index contributed by atoms with van der Waals surface area (Å²) in [7, 11) is 0. The zero-order chi connectivity index (χ0) is 21.5. The number of nitrogens with zero attached hydrogens (tertiary/aromatic N) is 6. The summed E-state index contributed by atoms with van der Waals surface area (Å²) in [5.41, 5.74) is 3.96. The normalized spacial score (nSPS) is 16.7. The SMILES string of the molecule is Cc1ccsc1-c1ccc(CN2CCn3c(-c4nc(C(C)C)ns4)nnc3[C@H]2C)cc1. The number of aromatic nitrogens is 5. The number of aryl methyl sites for hydroxylation is 1. The molecule has 1 aromatic carbocycles. The number of benzene rings is 1. The highest BCUT2D eigenvalue weighted by Crippen LogP contribution is 2.32. The van der Waals surface area contributed by atoms with Crippen LogP contribution >= 0.6 is 22.9 Å². The predicted molar refractivity (Wildman–Crippen MR) is 126 cm³/mol. The third-order valence-corrected chi connectivity index (χ3v) is 7.72. The Morgan fingerprint density at radius 3 is 2.58 bits per heavy atom. The molecule has 0 unspecified atom stereocenters. The first-order valence-corrected chi connectivity index (χ1v) is 12.3. The minimum Gasteiger partial charge on any atom is -0.306 e. The Morgan fingerprint density at radius 2 is 1.90 bits per heavy atom. The highest BCUT2D eigenvalue weighted by atomic mass is 32.1. The molecular formula is C23H26N6S2. The molecule has 6 nitrogen and oxygen atoms in total. The lowest BCUT2D eigenvalue weighted by Gasteiger charge is -2.33. The minimum atomic E-state index is 0.201. The van der Waals surface area contributed by atoms with Crippen molar-refractivity contribution in [2.75, 3.05) is 6.54 Å². The van der Waals surface area contributed by atoms with E-state index in [1.807, 2.05) is 0 Å². The van der Waals surface area contributed by atoms with Crippen LogP contribution in [0.5, 0.6) is 0 Å². The predicted octanol–water partition coefficient (Wildman–Crippen LogP) is 5.53. The fraction of sp³-hybridized carbons (Fsp3) is 0.391. The van der Waals surface area contributed by atoms with E-state index in [2.05, 4.69) is 92.4 Å². The van der Waals surface area contributed by atoms with Crippen molar-refractivity contribution < 1.29 is 0 Å². The van der Waals surface area contributed by atoms with Crippen LogP contribution in [0.25, 0.3) is 21.3 Å². The molecule has 0 fully saturated rings. The maximum atomic E-state index is 4.68. The van der Waals surface area contributed by atoms with Gasteiger partial charge >= 0.3 is 0 Å². The number of hydrogen-bond donors (Lipinski definition) is 0. The van der Waals surface area contributed by atoms with Gasteiger partial charge in [-0.15, -0.1) is 21.5 Å². The van der Waals surface area contributed by atoms with Gasteiger partial charge in [-0.2, -0.15) is 4.37 Å². The molecule has 0 N–H and O–H groups in total. The van der Waals surface area contributed by atoms with Gasteiger partial charge in [-0.1, -0.05) is 38.1 Å². The summed E-state index contributed by atoms with van der Waals surface area (Å²) >= 11 is 3.22. The molecule has 4 aromatic rings. The molecule has 1 atom stereocenters. The lowest BCUT2D eigenvalue weighted by molar-refractivity contribution is 0.157. The molecule has 1 aliphatic rings. The zero-order valence-electron chi connectivity index (χ0n) is 18.2. The summed E-state index contributed by atoms with van der Waals surface area (Å²) in [4.78, 5) is 8.51. The fourth-order valence-electron chi connectivity index (χ4n) is 4.03. The van der Waals surface area contributed by atoms with Crippen molar-refractivity contribution in [1.82, 2.24) is 29.0 Å². The largest absolute Gasteiger partial charge is 0.306 e. The molecule has 31 heavy (non-hydrogen) atoms. The Hall–Kier alpha value is -2.42. The van der Waals surface area contributed by atoms with E-state index in [-0.39, 0.29) is 6.04 Å². The van der Waals surface area contributed by atoms with Crippen LogP contribution in [0.15, 0.2) is 35.7 Å². The summed E-state index contributed by atoms with van der Waals surface area (Å²) in [5.74, 6) is 3.05. The van der Waals surface area contributed by atoms with E-state index in [0.717, 1.165) is 42.1 Å². The Bertz CT molecular complexity index is 1190. The molecule has 0 saturated carbocycles. The molecule has 0 amide bonds. The first-order chi connectivity index (χ1) is 15.0. The van der Waals surface area contributed by atoms with Crippen molar-refractivity contribution in [2.24, 2.45) is 0 Å². The number of rotatable bonds is 5. The minimum absolute atomic E-state index is 0.201. The van der Waals surface area contributed by atoms with Gasteiger partial charge in [-0.3, -0.25) is 4.90 Å². The summed E-state index contributed by atoms with van der Waals surface area (Å²) in [5, 5.41) is 12.0. The third kappa shape index (κ3) is 3.84. The van der Waals surface area contributed by atoms with Crippen molar-refractivity contribution in [3.8, 4) is 21.3 Å². The topological polar surface area (TPSA) is 59.7 Å².